The molecular formula is C25H25N5O3S. The van der Waals surface area contributed by atoms with E-state index in [2.05, 4.69) is 15.0 Å². The molecule has 0 bridgehead atoms. The van der Waals surface area contributed by atoms with Crippen molar-refractivity contribution in [3.05, 3.63) is 64.7 Å². The van der Waals surface area contributed by atoms with E-state index >= 15 is 0 Å². The number of hydrogen-bond acceptors (Lipinski definition) is 7. The molecule has 2 aromatic rings. The molecule has 34 heavy (non-hydrogen) atoms. The number of rotatable bonds is 5. The molecule has 1 amide bonds. The monoisotopic (exact) mass is 475 g/mol. The van der Waals surface area contributed by atoms with Crippen LogP contribution in [0, 0.1) is 12.3 Å². The maximum atomic E-state index is 12.7. The summed E-state index contributed by atoms with van der Waals surface area (Å²) in [6.07, 6.45) is 3.89. The van der Waals surface area contributed by atoms with Gasteiger partial charge in [-0.05, 0) is 60.9 Å². The van der Waals surface area contributed by atoms with Crippen LogP contribution < -0.4 is 9.47 Å². The first-order valence-corrected chi connectivity index (χ1v) is 11.9. The van der Waals surface area contributed by atoms with Gasteiger partial charge < -0.3 is 14.4 Å². The van der Waals surface area contributed by atoms with Crippen molar-refractivity contribution in [3.8, 4) is 11.5 Å². The molecule has 3 aliphatic heterocycles. The fraction of sp³-hybridized carbons (Fsp3) is 0.280. The largest absolute Gasteiger partial charge is 0.493 e. The van der Waals surface area contributed by atoms with Crippen LogP contribution in [0.15, 0.2) is 58.1 Å². The first kappa shape index (κ1) is 22.2. The average Bonchev–Trinajstić information content (AvgIpc) is 3.52. The van der Waals surface area contributed by atoms with Gasteiger partial charge in [-0.1, -0.05) is 35.9 Å². The second-order valence-electron chi connectivity index (χ2n) is 8.28. The average molecular weight is 476 g/mol. The highest BCUT2D eigenvalue weighted by Gasteiger charge is 2.37. The lowest BCUT2D eigenvalue weighted by Crippen LogP contribution is -2.35. The number of fused-ring (bicyclic) bond motifs is 1. The van der Waals surface area contributed by atoms with Gasteiger partial charge in [-0.3, -0.25) is 10.2 Å². The highest BCUT2D eigenvalue weighted by Crippen LogP contribution is 2.33. The van der Waals surface area contributed by atoms with E-state index in [1.165, 1.54) is 22.3 Å². The fourth-order valence-corrected chi connectivity index (χ4v) is 4.87. The minimum absolute atomic E-state index is 0.0235. The van der Waals surface area contributed by atoms with Gasteiger partial charge in [0.1, 0.15) is 6.61 Å². The lowest BCUT2D eigenvalue weighted by molar-refractivity contribution is -0.114. The first-order chi connectivity index (χ1) is 16.5. The Bertz CT molecular complexity index is 1230. The summed E-state index contributed by atoms with van der Waals surface area (Å²) in [5, 5.41) is 15.8. The molecule has 0 spiro atoms. The normalized spacial score (nSPS) is 18.8. The lowest BCUT2D eigenvalue weighted by atomic mass is 10.1. The molecule has 0 unspecified atom stereocenters. The van der Waals surface area contributed by atoms with E-state index in [0.29, 0.717) is 28.8 Å². The summed E-state index contributed by atoms with van der Waals surface area (Å²) in [4.78, 5) is 19.1. The van der Waals surface area contributed by atoms with Crippen LogP contribution in [0.5, 0.6) is 11.5 Å². The van der Waals surface area contributed by atoms with Crippen molar-refractivity contribution in [3.63, 3.8) is 0 Å². The van der Waals surface area contributed by atoms with Crippen LogP contribution in [0.2, 0.25) is 0 Å². The van der Waals surface area contributed by atoms with Crippen LogP contribution in [-0.2, 0) is 11.4 Å². The van der Waals surface area contributed by atoms with Gasteiger partial charge in [-0.25, -0.2) is 0 Å². The Morgan fingerprint density at radius 2 is 1.85 bits per heavy atom. The number of hydrazone groups is 1. The van der Waals surface area contributed by atoms with E-state index in [0.717, 1.165) is 36.7 Å². The standard InChI is InChI=1S/C25H25N5O3S/c1-16-5-7-17(8-6-16)15-33-20-10-9-18(14-21(20)32-2)13-19-22(26)30-24(27-23(19)31)34-25(28-30)29-11-3-4-12-29/h5-10,13-14,26H,3-4,11-12,15H2,1-2H3/b19-13+,26-22?. The smallest absolute Gasteiger partial charge is 0.283 e. The molecule has 0 atom stereocenters. The molecule has 0 saturated carbocycles. The number of methoxy groups -OCH3 is 1. The van der Waals surface area contributed by atoms with Crippen LogP contribution in [0.25, 0.3) is 6.08 Å². The van der Waals surface area contributed by atoms with Gasteiger partial charge in [0.2, 0.25) is 5.17 Å². The third-order valence-electron chi connectivity index (χ3n) is 5.83. The molecule has 174 valence electrons. The number of likely N-dealkylation sites (tertiary alicyclic amines) is 1. The van der Waals surface area contributed by atoms with E-state index in [1.54, 1.807) is 25.3 Å². The lowest BCUT2D eigenvalue weighted by Gasteiger charge is -2.20. The minimum atomic E-state index is -0.444. The number of nitrogens with zero attached hydrogens (tertiary/aromatic N) is 4. The number of thioether (sulfide) groups is 1. The number of amidine groups is 3. The summed E-state index contributed by atoms with van der Waals surface area (Å²) in [7, 11) is 1.57. The first-order valence-electron chi connectivity index (χ1n) is 11.1. The Labute approximate surface area is 202 Å². The van der Waals surface area contributed by atoms with E-state index in [4.69, 9.17) is 14.9 Å². The summed E-state index contributed by atoms with van der Waals surface area (Å²) in [5.74, 6) is 0.730. The van der Waals surface area contributed by atoms with Gasteiger partial charge in [0.05, 0.1) is 12.7 Å². The quantitative estimate of drug-likeness (QED) is 0.650. The number of carbonyl (C=O) groups is 1. The van der Waals surface area contributed by atoms with Crippen molar-refractivity contribution in [2.24, 2.45) is 10.1 Å². The number of hydrogen-bond donors (Lipinski definition) is 1. The maximum absolute atomic E-state index is 12.7. The minimum Gasteiger partial charge on any atom is -0.493 e. The van der Waals surface area contributed by atoms with Crippen LogP contribution in [0.3, 0.4) is 0 Å². The summed E-state index contributed by atoms with van der Waals surface area (Å²) < 4.78 is 11.5. The number of benzene rings is 2. The van der Waals surface area contributed by atoms with Crippen molar-refractivity contribution >= 4 is 39.9 Å². The van der Waals surface area contributed by atoms with Gasteiger partial charge in [0.25, 0.3) is 5.91 Å². The van der Waals surface area contributed by atoms with E-state index in [9.17, 15) is 4.79 Å². The van der Waals surface area contributed by atoms with Gasteiger partial charge in [-0.2, -0.15) is 10.0 Å². The Balaban J connectivity index is 1.35. The van der Waals surface area contributed by atoms with Gasteiger partial charge in [-0.15, -0.1) is 5.10 Å². The van der Waals surface area contributed by atoms with Gasteiger partial charge >= 0.3 is 0 Å². The van der Waals surface area contributed by atoms with E-state index < -0.39 is 5.91 Å². The zero-order valence-corrected chi connectivity index (χ0v) is 19.9. The number of amides is 1. The van der Waals surface area contributed by atoms with E-state index in [-0.39, 0.29) is 11.4 Å². The number of aryl methyl sites for hydroxylation is 1. The molecule has 9 heteroatoms. The summed E-state index contributed by atoms with van der Waals surface area (Å²) >= 11 is 1.35. The number of aliphatic imine (C=N–C) groups is 1. The van der Waals surface area contributed by atoms with Crippen molar-refractivity contribution in [2.45, 2.75) is 26.4 Å². The SMILES string of the molecule is COc1cc(/C=C2\C(=N)N3N=C(N4CCCC4)SC3=NC2=O)ccc1OCc1ccc(C)cc1. The third-order valence-corrected chi connectivity index (χ3v) is 6.80. The Morgan fingerprint density at radius 1 is 1.09 bits per heavy atom. The number of ether oxygens (including phenoxy) is 2. The van der Waals surface area contributed by atoms with Crippen LogP contribution in [0.4, 0.5) is 0 Å². The van der Waals surface area contributed by atoms with Crippen molar-refractivity contribution in [1.82, 2.24) is 9.91 Å². The number of carbonyl (C=O) groups excluding carboxylic acids is 1. The van der Waals surface area contributed by atoms with Crippen LogP contribution in [-0.4, -0.2) is 52.2 Å². The summed E-state index contributed by atoms with van der Waals surface area (Å²) in [6.45, 7) is 4.34. The van der Waals surface area contributed by atoms with Gasteiger partial charge in [0, 0.05) is 13.1 Å². The Kier molecular flexibility index (Phi) is 6.10. The zero-order valence-electron chi connectivity index (χ0n) is 19.1. The predicted molar refractivity (Wildman–Crippen MR) is 134 cm³/mol. The molecule has 0 aromatic heterocycles. The van der Waals surface area contributed by atoms with Crippen molar-refractivity contribution in [2.75, 3.05) is 20.2 Å². The maximum Gasteiger partial charge on any atom is 0.283 e. The Morgan fingerprint density at radius 3 is 2.59 bits per heavy atom. The molecule has 3 heterocycles. The fourth-order valence-electron chi connectivity index (χ4n) is 3.92. The molecule has 0 radical (unpaired) electrons. The van der Waals surface area contributed by atoms with Crippen LogP contribution in [0.1, 0.15) is 29.5 Å². The van der Waals surface area contributed by atoms with Gasteiger partial charge in [0.15, 0.2) is 22.5 Å². The molecule has 1 N–H and O–H groups in total. The molecule has 8 nitrogen and oxygen atoms in total. The highest BCUT2D eigenvalue weighted by atomic mass is 32.2. The van der Waals surface area contributed by atoms with Crippen molar-refractivity contribution < 1.29 is 14.3 Å². The molecule has 2 aromatic carbocycles. The topological polar surface area (TPSA) is 90.6 Å². The van der Waals surface area contributed by atoms with E-state index in [1.807, 2.05) is 37.3 Å². The highest BCUT2D eigenvalue weighted by molar-refractivity contribution is 8.26. The second-order valence-corrected chi connectivity index (χ2v) is 9.22. The number of nitrogens with one attached hydrogen (secondary N) is 1. The summed E-state index contributed by atoms with van der Waals surface area (Å²) in [6, 6.07) is 13.6. The molecule has 1 fully saturated rings. The molecule has 0 aliphatic carbocycles. The molecule has 3 aliphatic rings. The van der Waals surface area contributed by atoms with Crippen molar-refractivity contribution in [1.29, 1.82) is 5.41 Å². The molecular weight excluding hydrogens is 450 g/mol. The third kappa shape index (κ3) is 4.43. The summed E-state index contributed by atoms with van der Waals surface area (Å²) in [5.41, 5.74) is 3.16. The predicted octanol–water partition coefficient (Wildman–Crippen LogP) is 4.26. The Hall–Kier alpha value is -3.59. The molecule has 5 rings (SSSR count). The van der Waals surface area contributed by atoms with Crippen LogP contribution >= 0.6 is 11.8 Å². The zero-order chi connectivity index (χ0) is 23.7. The molecule has 1 saturated heterocycles. The second kappa shape index (κ2) is 9.34.